The van der Waals surface area contributed by atoms with Crippen molar-refractivity contribution in [3.05, 3.63) is 34.3 Å². The average Bonchev–Trinajstić information content (AvgIpc) is 2.97. The molecule has 1 saturated heterocycles. The fraction of sp³-hybridized carbons (Fsp3) is 0.333. The number of nitrogens with one attached hydrogen (secondary N) is 1. The third-order valence-electron chi connectivity index (χ3n) is 3.24. The maximum atomic E-state index is 11.9. The zero-order valence-corrected chi connectivity index (χ0v) is 13.8. The van der Waals surface area contributed by atoms with Crippen molar-refractivity contribution in [1.29, 1.82) is 0 Å². The van der Waals surface area contributed by atoms with E-state index >= 15 is 0 Å². The fourth-order valence-corrected chi connectivity index (χ4v) is 2.54. The topological polar surface area (TPSA) is 92.8 Å². The van der Waals surface area contributed by atoms with Crippen LogP contribution in [0, 0.1) is 0 Å². The normalized spacial score (nSPS) is 13.8. The van der Waals surface area contributed by atoms with Crippen LogP contribution in [0.3, 0.4) is 0 Å². The minimum atomic E-state index is -0.745. The maximum Gasteiger partial charge on any atom is 0.325 e. The monoisotopic (exact) mass is 382 g/mol. The maximum absolute atomic E-state index is 11.9. The summed E-state index contributed by atoms with van der Waals surface area (Å²) in [6, 6.07) is 6.77. The van der Waals surface area contributed by atoms with E-state index in [1.165, 1.54) is 0 Å². The van der Waals surface area contributed by atoms with Gasteiger partial charge in [0.1, 0.15) is 6.54 Å². The molecule has 0 saturated carbocycles. The van der Waals surface area contributed by atoms with Gasteiger partial charge in [-0.15, -0.1) is 0 Å². The van der Waals surface area contributed by atoms with Gasteiger partial charge in [0.25, 0.3) is 11.8 Å². The van der Waals surface area contributed by atoms with Crippen LogP contribution in [0.25, 0.3) is 0 Å². The number of carbonyl (C=O) groups excluding carboxylic acids is 4. The number of esters is 1. The molecule has 7 nitrogen and oxygen atoms in total. The van der Waals surface area contributed by atoms with Crippen LogP contribution in [0.2, 0.25) is 0 Å². The van der Waals surface area contributed by atoms with Gasteiger partial charge in [0.15, 0.2) is 6.61 Å². The van der Waals surface area contributed by atoms with Crippen molar-refractivity contribution >= 4 is 39.6 Å². The highest BCUT2D eigenvalue weighted by Gasteiger charge is 2.26. The number of rotatable bonds is 5. The number of likely N-dealkylation sites (tertiary alicyclic amines) is 1. The average molecular weight is 383 g/mol. The van der Waals surface area contributed by atoms with E-state index in [2.05, 4.69) is 21.2 Å². The largest absolute Gasteiger partial charge is 0.454 e. The van der Waals surface area contributed by atoms with Crippen LogP contribution >= 0.6 is 15.9 Å². The molecule has 8 heteroatoms. The van der Waals surface area contributed by atoms with E-state index in [0.717, 1.165) is 4.90 Å². The van der Waals surface area contributed by atoms with E-state index in [9.17, 15) is 19.2 Å². The van der Waals surface area contributed by atoms with E-state index in [4.69, 9.17) is 4.74 Å². The Labute approximate surface area is 141 Å². The number of imide groups is 1. The lowest BCUT2D eigenvalue weighted by atomic mass is 10.2. The van der Waals surface area contributed by atoms with Crippen molar-refractivity contribution < 1.29 is 23.9 Å². The Morgan fingerprint density at radius 1 is 1.26 bits per heavy atom. The van der Waals surface area contributed by atoms with Gasteiger partial charge in [-0.25, -0.2) is 0 Å². The summed E-state index contributed by atoms with van der Waals surface area (Å²) in [5.41, 5.74) is 0.388. The SMILES string of the molecule is O=C(CNC(=O)c1ccccc1Br)OCC(=O)N1CCCC1=O. The summed E-state index contributed by atoms with van der Waals surface area (Å²) in [6.07, 6.45) is 0.961. The molecule has 1 N–H and O–H groups in total. The molecule has 1 aliphatic heterocycles. The molecule has 122 valence electrons. The van der Waals surface area contributed by atoms with E-state index in [-0.39, 0.29) is 12.5 Å². The first-order valence-electron chi connectivity index (χ1n) is 7.00. The molecule has 1 aromatic carbocycles. The second-order valence-corrected chi connectivity index (χ2v) is 5.72. The molecule has 1 fully saturated rings. The molecule has 0 unspecified atom stereocenters. The number of nitrogens with zero attached hydrogens (tertiary/aromatic N) is 1. The first kappa shape index (κ1) is 17.1. The fourth-order valence-electron chi connectivity index (χ4n) is 2.08. The van der Waals surface area contributed by atoms with Gasteiger partial charge in [-0.3, -0.25) is 24.1 Å². The van der Waals surface area contributed by atoms with Gasteiger partial charge >= 0.3 is 5.97 Å². The van der Waals surface area contributed by atoms with Gasteiger partial charge in [0.05, 0.1) is 5.56 Å². The third-order valence-corrected chi connectivity index (χ3v) is 3.93. The van der Waals surface area contributed by atoms with E-state index in [1.54, 1.807) is 24.3 Å². The van der Waals surface area contributed by atoms with Gasteiger partial charge in [0, 0.05) is 17.4 Å². The lowest BCUT2D eigenvalue weighted by Crippen LogP contribution is -2.37. The quantitative estimate of drug-likeness (QED) is 0.762. The summed E-state index contributed by atoms with van der Waals surface area (Å²) in [4.78, 5) is 47.6. The highest BCUT2D eigenvalue weighted by Crippen LogP contribution is 2.15. The molecule has 1 aliphatic rings. The number of carbonyl (C=O) groups is 4. The molecule has 2 rings (SSSR count). The first-order valence-corrected chi connectivity index (χ1v) is 7.80. The van der Waals surface area contributed by atoms with Crippen molar-refractivity contribution in [2.75, 3.05) is 19.7 Å². The molecule has 0 bridgehead atoms. The standard InChI is InChI=1S/C15H15BrN2O5/c16-11-5-2-1-4-10(11)15(22)17-8-14(21)23-9-13(20)18-7-3-6-12(18)19/h1-2,4-5H,3,6-9H2,(H,17,22). The molecule has 3 amide bonds. The van der Waals surface area contributed by atoms with Gasteiger partial charge in [-0.1, -0.05) is 12.1 Å². The van der Waals surface area contributed by atoms with E-state index < -0.39 is 24.4 Å². The number of hydrogen-bond donors (Lipinski definition) is 1. The van der Waals surface area contributed by atoms with Crippen molar-refractivity contribution in [2.45, 2.75) is 12.8 Å². The zero-order chi connectivity index (χ0) is 16.8. The van der Waals surface area contributed by atoms with Gasteiger partial charge in [0.2, 0.25) is 5.91 Å². The Morgan fingerprint density at radius 2 is 2.00 bits per heavy atom. The summed E-state index contributed by atoms with van der Waals surface area (Å²) in [5.74, 6) is -1.98. The van der Waals surface area contributed by atoms with Crippen molar-refractivity contribution in [2.24, 2.45) is 0 Å². The lowest BCUT2D eigenvalue weighted by Gasteiger charge is -2.13. The number of hydrogen-bond acceptors (Lipinski definition) is 5. The zero-order valence-electron chi connectivity index (χ0n) is 12.2. The van der Waals surface area contributed by atoms with Crippen molar-refractivity contribution in [1.82, 2.24) is 10.2 Å². The van der Waals surface area contributed by atoms with Gasteiger partial charge < -0.3 is 10.1 Å². The number of ether oxygens (including phenoxy) is 1. The van der Waals surface area contributed by atoms with Crippen LogP contribution in [-0.2, 0) is 19.1 Å². The van der Waals surface area contributed by atoms with Gasteiger partial charge in [-0.05, 0) is 34.5 Å². The molecule has 0 spiro atoms. The third kappa shape index (κ3) is 4.62. The van der Waals surface area contributed by atoms with Gasteiger partial charge in [-0.2, -0.15) is 0 Å². The number of amides is 3. The minimum Gasteiger partial charge on any atom is -0.454 e. The Kier molecular flexibility index (Phi) is 5.86. The molecule has 0 radical (unpaired) electrons. The highest BCUT2D eigenvalue weighted by atomic mass is 79.9. The molecular formula is C15H15BrN2O5. The summed E-state index contributed by atoms with van der Waals surface area (Å²) < 4.78 is 5.38. The highest BCUT2D eigenvalue weighted by molar-refractivity contribution is 9.10. The number of halogens is 1. The second-order valence-electron chi connectivity index (χ2n) is 4.87. The second kappa shape index (κ2) is 7.87. The van der Waals surface area contributed by atoms with Crippen LogP contribution in [0.5, 0.6) is 0 Å². The van der Waals surface area contributed by atoms with Crippen LogP contribution in [0.15, 0.2) is 28.7 Å². The van der Waals surface area contributed by atoms with Crippen LogP contribution in [0.4, 0.5) is 0 Å². The molecule has 1 heterocycles. The van der Waals surface area contributed by atoms with Crippen LogP contribution in [-0.4, -0.2) is 48.3 Å². The molecule has 1 aromatic rings. The smallest absolute Gasteiger partial charge is 0.325 e. The number of benzene rings is 1. The summed E-state index contributed by atoms with van der Waals surface area (Å²) >= 11 is 3.24. The minimum absolute atomic E-state index is 0.256. The van der Waals surface area contributed by atoms with Crippen molar-refractivity contribution in [3.63, 3.8) is 0 Å². The Balaban J connectivity index is 1.75. The summed E-state index contributed by atoms with van der Waals surface area (Å²) in [6.45, 7) is -0.509. The Hall–Kier alpha value is -2.22. The molecule has 0 atom stereocenters. The molecule has 0 aromatic heterocycles. The first-order chi connectivity index (χ1) is 11.0. The van der Waals surface area contributed by atoms with Crippen LogP contribution < -0.4 is 5.32 Å². The van der Waals surface area contributed by atoms with Crippen LogP contribution in [0.1, 0.15) is 23.2 Å². The molecule has 0 aliphatic carbocycles. The molecule has 23 heavy (non-hydrogen) atoms. The predicted octanol–water partition coefficient (Wildman–Crippen LogP) is 0.871. The summed E-state index contributed by atoms with van der Waals surface area (Å²) in [5, 5.41) is 2.41. The molecular weight excluding hydrogens is 368 g/mol. The van der Waals surface area contributed by atoms with E-state index in [0.29, 0.717) is 29.4 Å². The Morgan fingerprint density at radius 3 is 2.65 bits per heavy atom. The lowest BCUT2D eigenvalue weighted by molar-refractivity contribution is -0.154. The van der Waals surface area contributed by atoms with E-state index in [1.807, 2.05) is 0 Å². The Bertz CT molecular complexity index is 647. The summed E-state index contributed by atoms with van der Waals surface area (Å²) in [7, 11) is 0. The van der Waals surface area contributed by atoms with Crippen molar-refractivity contribution in [3.8, 4) is 0 Å². The predicted molar refractivity (Wildman–Crippen MR) is 83.4 cm³/mol.